The van der Waals surface area contributed by atoms with Gasteiger partial charge in [0.2, 0.25) is 0 Å². The lowest BCUT2D eigenvalue weighted by atomic mass is 9.72. The Hall–Kier alpha value is -2.53. The van der Waals surface area contributed by atoms with E-state index in [0.29, 0.717) is 17.9 Å². The average molecular weight is 325 g/mol. The molecule has 2 atom stereocenters. The predicted octanol–water partition coefficient (Wildman–Crippen LogP) is 2.63. The van der Waals surface area contributed by atoms with Crippen molar-refractivity contribution < 1.29 is 19.0 Å². The summed E-state index contributed by atoms with van der Waals surface area (Å²) in [6.45, 7) is 0. The molecule has 0 fully saturated rings. The molecule has 1 amide bonds. The number of fused-ring (bicyclic) bond motifs is 1. The van der Waals surface area contributed by atoms with Gasteiger partial charge < -0.3 is 19.1 Å². The number of amides is 1. The van der Waals surface area contributed by atoms with Gasteiger partial charge in [-0.1, -0.05) is 12.2 Å². The highest BCUT2D eigenvalue weighted by Crippen LogP contribution is 2.52. The summed E-state index contributed by atoms with van der Waals surface area (Å²) in [7, 11) is 4.93. The Labute approximate surface area is 140 Å². The summed E-state index contributed by atoms with van der Waals surface area (Å²) in [5.74, 6) is 1.32. The molecule has 5 heteroatoms. The second-order valence-electron chi connectivity index (χ2n) is 6.12. The highest BCUT2D eigenvalue weighted by Gasteiger charge is 2.52. The number of ether oxygens (including phenoxy) is 3. The number of nitrogens with zero attached hydrogens (tertiary/aromatic N) is 1. The minimum atomic E-state index is -0.545. The number of carbonyl (C=O) groups is 1. The van der Waals surface area contributed by atoms with Crippen LogP contribution in [-0.4, -0.2) is 38.2 Å². The van der Waals surface area contributed by atoms with Crippen molar-refractivity contribution in [3.63, 3.8) is 0 Å². The number of rotatable bonds is 3. The van der Waals surface area contributed by atoms with Crippen molar-refractivity contribution in [1.82, 2.24) is 4.90 Å². The number of hydrogen-bond donors (Lipinski definition) is 0. The van der Waals surface area contributed by atoms with Crippen molar-refractivity contribution in [1.29, 1.82) is 0 Å². The fourth-order valence-corrected chi connectivity index (χ4v) is 3.92. The molecule has 2 heterocycles. The van der Waals surface area contributed by atoms with Gasteiger partial charge in [-0.05, 0) is 34.9 Å². The first-order valence-corrected chi connectivity index (χ1v) is 7.85. The molecule has 3 aliphatic rings. The molecule has 124 valence electrons. The van der Waals surface area contributed by atoms with E-state index in [1.807, 2.05) is 36.6 Å². The molecule has 4 rings (SSSR count). The third kappa shape index (κ3) is 1.82. The van der Waals surface area contributed by atoms with E-state index in [4.69, 9.17) is 14.2 Å². The van der Waals surface area contributed by atoms with E-state index in [-0.39, 0.29) is 12.0 Å². The monoisotopic (exact) mass is 325 g/mol. The van der Waals surface area contributed by atoms with Crippen molar-refractivity contribution in [3.05, 3.63) is 53.3 Å². The molecular formula is C19H19NO4. The summed E-state index contributed by atoms with van der Waals surface area (Å²) in [6.07, 6.45) is 10.1. The Morgan fingerprint density at radius 3 is 2.58 bits per heavy atom. The van der Waals surface area contributed by atoms with Gasteiger partial charge in [0.1, 0.15) is 5.54 Å². The van der Waals surface area contributed by atoms with Gasteiger partial charge in [-0.2, -0.15) is 0 Å². The number of hydrogen-bond acceptors (Lipinski definition) is 4. The molecule has 24 heavy (non-hydrogen) atoms. The first-order chi connectivity index (χ1) is 11.6. The van der Waals surface area contributed by atoms with Crippen molar-refractivity contribution in [2.45, 2.75) is 18.1 Å². The van der Waals surface area contributed by atoms with Crippen molar-refractivity contribution in [2.24, 2.45) is 0 Å². The second kappa shape index (κ2) is 5.24. The maximum absolute atomic E-state index is 12.5. The first-order valence-electron chi connectivity index (χ1n) is 7.85. The van der Waals surface area contributed by atoms with Crippen molar-refractivity contribution in [3.8, 4) is 11.5 Å². The van der Waals surface area contributed by atoms with Gasteiger partial charge in [0.15, 0.2) is 11.5 Å². The SMILES string of the molecule is COc1cc2c(cc1OC)[C@]13C[C@@H](OC)C=CC1=CC(=O)N3C=C2. The predicted molar refractivity (Wildman–Crippen MR) is 89.7 cm³/mol. The normalized spacial score (nSPS) is 26.6. The summed E-state index contributed by atoms with van der Waals surface area (Å²) in [6, 6.07) is 3.93. The summed E-state index contributed by atoms with van der Waals surface area (Å²) in [5.41, 5.74) is 2.50. The van der Waals surface area contributed by atoms with E-state index in [9.17, 15) is 4.79 Å². The fourth-order valence-electron chi connectivity index (χ4n) is 3.92. The Balaban J connectivity index is 1.97. The molecule has 1 spiro atoms. The van der Waals surface area contributed by atoms with E-state index >= 15 is 0 Å². The molecule has 0 aromatic heterocycles. The first kappa shape index (κ1) is 15.0. The van der Waals surface area contributed by atoms with E-state index in [1.165, 1.54) is 0 Å². The van der Waals surface area contributed by atoms with Crippen LogP contribution in [0.3, 0.4) is 0 Å². The van der Waals surface area contributed by atoms with Crippen molar-refractivity contribution >= 4 is 12.0 Å². The number of methoxy groups -OCH3 is 3. The highest BCUT2D eigenvalue weighted by atomic mass is 16.5. The maximum atomic E-state index is 12.5. The Kier molecular flexibility index (Phi) is 3.28. The van der Waals surface area contributed by atoms with Crippen molar-refractivity contribution in [2.75, 3.05) is 21.3 Å². The van der Waals surface area contributed by atoms with Crippen LogP contribution in [0.5, 0.6) is 11.5 Å². The lowest BCUT2D eigenvalue weighted by Crippen LogP contribution is -2.48. The molecule has 0 unspecified atom stereocenters. The summed E-state index contributed by atoms with van der Waals surface area (Å²) < 4.78 is 16.5. The van der Waals surface area contributed by atoms with Crippen LogP contribution in [0.2, 0.25) is 0 Å². The second-order valence-corrected chi connectivity index (χ2v) is 6.12. The third-order valence-corrected chi connectivity index (χ3v) is 5.10. The van der Waals surface area contributed by atoms with Gasteiger partial charge in [0, 0.05) is 25.8 Å². The Bertz CT molecular complexity index is 808. The molecule has 1 aromatic carbocycles. The average Bonchev–Trinajstić information content (AvgIpc) is 2.91. The highest BCUT2D eigenvalue weighted by molar-refractivity contribution is 5.97. The zero-order valence-corrected chi connectivity index (χ0v) is 13.9. The van der Waals surface area contributed by atoms with Gasteiger partial charge >= 0.3 is 0 Å². The number of carbonyl (C=O) groups excluding carboxylic acids is 1. The van der Waals surface area contributed by atoms with Crippen LogP contribution in [0.1, 0.15) is 17.5 Å². The third-order valence-electron chi connectivity index (χ3n) is 5.10. The van der Waals surface area contributed by atoms with E-state index in [0.717, 1.165) is 16.7 Å². The molecule has 0 saturated heterocycles. The molecule has 1 aliphatic carbocycles. The fraction of sp³-hybridized carbons (Fsp3) is 0.316. The van der Waals surface area contributed by atoms with Gasteiger partial charge in [0.05, 0.1) is 20.3 Å². The minimum absolute atomic E-state index is 0.0110. The van der Waals surface area contributed by atoms with Crippen LogP contribution >= 0.6 is 0 Å². The molecule has 2 aliphatic heterocycles. The van der Waals surface area contributed by atoms with E-state index in [2.05, 4.69) is 0 Å². The smallest absolute Gasteiger partial charge is 0.251 e. The molecular weight excluding hydrogens is 306 g/mol. The van der Waals surface area contributed by atoms with Crippen LogP contribution in [0.15, 0.2) is 42.1 Å². The minimum Gasteiger partial charge on any atom is -0.493 e. The van der Waals surface area contributed by atoms with Crippen LogP contribution in [-0.2, 0) is 15.1 Å². The zero-order valence-electron chi connectivity index (χ0n) is 13.9. The molecule has 0 radical (unpaired) electrons. The molecule has 0 saturated carbocycles. The Morgan fingerprint density at radius 2 is 1.88 bits per heavy atom. The molecule has 1 aromatic rings. The van der Waals surface area contributed by atoms with Gasteiger partial charge in [-0.15, -0.1) is 0 Å². The summed E-state index contributed by atoms with van der Waals surface area (Å²) >= 11 is 0. The quantitative estimate of drug-likeness (QED) is 0.857. The lowest BCUT2D eigenvalue weighted by Gasteiger charge is -2.45. The van der Waals surface area contributed by atoms with E-state index < -0.39 is 5.54 Å². The number of benzene rings is 1. The van der Waals surface area contributed by atoms with Gasteiger partial charge in [-0.3, -0.25) is 4.79 Å². The van der Waals surface area contributed by atoms with Gasteiger partial charge in [-0.25, -0.2) is 0 Å². The topological polar surface area (TPSA) is 48.0 Å². The Morgan fingerprint density at radius 1 is 1.12 bits per heavy atom. The van der Waals surface area contributed by atoms with Crippen LogP contribution < -0.4 is 9.47 Å². The lowest BCUT2D eigenvalue weighted by molar-refractivity contribution is -0.126. The van der Waals surface area contributed by atoms with Gasteiger partial charge in [0.25, 0.3) is 5.91 Å². The zero-order chi connectivity index (χ0) is 16.9. The summed E-state index contributed by atoms with van der Waals surface area (Å²) in [4.78, 5) is 14.3. The van der Waals surface area contributed by atoms with Crippen LogP contribution in [0, 0.1) is 0 Å². The maximum Gasteiger partial charge on any atom is 0.251 e. The van der Waals surface area contributed by atoms with Crippen LogP contribution in [0.25, 0.3) is 6.08 Å². The van der Waals surface area contributed by atoms with E-state index in [1.54, 1.807) is 32.3 Å². The standard InChI is InChI=1S/C19H19NO4/c1-22-14-5-4-13-9-18(21)20-7-6-12-8-16(23-2)17(24-3)10-15(12)19(13,20)11-14/h4-10,14H,11H2,1-3H3/t14-,19-/m0/s1. The van der Waals surface area contributed by atoms with Crippen LogP contribution in [0.4, 0.5) is 0 Å². The molecule has 0 bridgehead atoms. The molecule has 0 N–H and O–H groups in total. The largest absolute Gasteiger partial charge is 0.493 e. The molecule has 5 nitrogen and oxygen atoms in total. The summed E-state index contributed by atoms with van der Waals surface area (Å²) in [5, 5.41) is 0.